The third kappa shape index (κ3) is 3.40. The van der Waals surface area contributed by atoms with Crippen molar-refractivity contribution in [2.24, 2.45) is 0 Å². The number of aliphatic hydroxyl groups excluding tert-OH is 1. The topological polar surface area (TPSA) is 61.7 Å². The van der Waals surface area contributed by atoms with Crippen molar-refractivity contribution in [2.45, 2.75) is 25.9 Å². The van der Waals surface area contributed by atoms with Crippen molar-refractivity contribution in [3.63, 3.8) is 0 Å². The van der Waals surface area contributed by atoms with Crippen LogP contribution >= 0.6 is 0 Å². The summed E-state index contributed by atoms with van der Waals surface area (Å²) in [6.07, 6.45) is 0.874. The van der Waals surface area contributed by atoms with Crippen molar-refractivity contribution in [3.8, 4) is 11.5 Å². The van der Waals surface area contributed by atoms with E-state index in [0.717, 1.165) is 12.0 Å². The van der Waals surface area contributed by atoms with Crippen LogP contribution in [0, 0.1) is 0 Å². The van der Waals surface area contributed by atoms with Gasteiger partial charge in [-0.05, 0) is 24.1 Å². The Labute approximate surface area is 95.9 Å². The van der Waals surface area contributed by atoms with Gasteiger partial charge in [0.05, 0.1) is 13.7 Å². The maximum Gasteiger partial charge on any atom is 0.160 e. The summed E-state index contributed by atoms with van der Waals surface area (Å²) in [5.74, 6) is 0.608. The van der Waals surface area contributed by atoms with E-state index in [-0.39, 0.29) is 18.4 Å². The van der Waals surface area contributed by atoms with Gasteiger partial charge in [-0.1, -0.05) is 13.0 Å². The van der Waals surface area contributed by atoms with Gasteiger partial charge in [0.1, 0.15) is 0 Å². The number of hydrogen-bond donors (Lipinski definition) is 3. The molecule has 4 heteroatoms. The van der Waals surface area contributed by atoms with Crippen LogP contribution in [0.1, 0.15) is 18.9 Å². The van der Waals surface area contributed by atoms with Crippen LogP contribution in [-0.2, 0) is 6.54 Å². The Kier molecular flexibility index (Phi) is 5.08. The molecule has 1 aromatic rings. The molecule has 0 aromatic heterocycles. The average molecular weight is 225 g/mol. The second-order valence-electron chi connectivity index (χ2n) is 3.67. The van der Waals surface area contributed by atoms with Gasteiger partial charge in [0.25, 0.3) is 0 Å². The van der Waals surface area contributed by atoms with Crippen LogP contribution in [0.4, 0.5) is 0 Å². The standard InChI is InChI=1S/C12H19NO3/c1-3-10(8-14)13-7-9-4-5-12(16-2)11(15)6-9/h4-6,10,13-15H,3,7-8H2,1-2H3. The molecule has 0 bridgehead atoms. The van der Waals surface area contributed by atoms with Gasteiger partial charge in [-0.2, -0.15) is 0 Å². The molecule has 0 heterocycles. The molecule has 0 amide bonds. The van der Waals surface area contributed by atoms with Crippen molar-refractivity contribution < 1.29 is 14.9 Å². The van der Waals surface area contributed by atoms with Crippen LogP contribution in [0.3, 0.4) is 0 Å². The molecule has 0 aliphatic heterocycles. The number of phenols is 1. The number of aromatic hydroxyl groups is 1. The van der Waals surface area contributed by atoms with Crippen LogP contribution < -0.4 is 10.1 Å². The van der Waals surface area contributed by atoms with E-state index in [1.807, 2.05) is 13.0 Å². The van der Waals surface area contributed by atoms with E-state index in [1.54, 1.807) is 12.1 Å². The summed E-state index contributed by atoms with van der Waals surface area (Å²) in [6.45, 7) is 2.76. The number of aliphatic hydroxyl groups is 1. The Morgan fingerprint density at radius 2 is 2.19 bits per heavy atom. The Hall–Kier alpha value is -1.26. The molecule has 0 aliphatic rings. The summed E-state index contributed by atoms with van der Waals surface area (Å²) < 4.78 is 4.96. The van der Waals surface area contributed by atoms with E-state index >= 15 is 0 Å². The Bertz CT molecular complexity index is 324. The smallest absolute Gasteiger partial charge is 0.160 e. The highest BCUT2D eigenvalue weighted by atomic mass is 16.5. The summed E-state index contributed by atoms with van der Waals surface area (Å²) >= 11 is 0. The number of nitrogens with one attached hydrogen (secondary N) is 1. The quantitative estimate of drug-likeness (QED) is 0.682. The molecule has 4 nitrogen and oxygen atoms in total. The van der Waals surface area contributed by atoms with Gasteiger partial charge in [-0.15, -0.1) is 0 Å². The van der Waals surface area contributed by atoms with Gasteiger partial charge >= 0.3 is 0 Å². The van der Waals surface area contributed by atoms with E-state index in [1.165, 1.54) is 7.11 Å². The lowest BCUT2D eigenvalue weighted by atomic mass is 10.1. The zero-order chi connectivity index (χ0) is 12.0. The number of hydrogen-bond acceptors (Lipinski definition) is 4. The summed E-state index contributed by atoms with van der Waals surface area (Å²) in [5, 5.41) is 21.8. The van der Waals surface area contributed by atoms with Crippen molar-refractivity contribution in [1.29, 1.82) is 0 Å². The fraction of sp³-hybridized carbons (Fsp3) is 0.500. The van der Waals surface area contributed by atoms with Gasteiger partial charge in [0, 0.05) is 12.6 Å². The van der Waals surface area contributed by atoms with Crippen molar-refractivity contribution >= 4 is 0 Å². The van der Waals surface area contributed by atoms with Gasteiger partial charge < -0.3 is 20.3 Å². The highest BCUT2D eigenvalue weighted by molar-refractivity contribution is 5.41. The van der Waals surface area contributed by atoms with Crippen LogP contribution in [0.15, 0.2) is 18.2 Å². The van der Waals surface area contributed by atoms with Crippen LogP contribution in [0.2, 0.25) is 0 Å². The van der Waals surface area contributed by atoms with Gasteiger partial charge in [-0.3, -0.25) is 0 Å². The number of benzene rings is 1. The van der Waals surface area contributed by atoms with E-state index in [2.05, 4.69) is 5.32 Å². The van der Waals surface area contributed by atoms with Crippen LogP contribution in [0.25, 0.3) is 0 Å². The third-order valence-electron chi connectivity index (χ3n) is 2.55. The molecule has 0 saturated carbocycles. The van der Waals surface area contributed by atoms with Gasteiger partial charge in [-0.25, -0.2) is 0 Å². The van der Waals surface area contributed by atoms with Crippen LogP contribution in [-0.4, -0.2) is 30.0 Å². The first-order valence-electron chi connectivity index (χ1n) is 5.41. The summed E-state index contributed by atoms with van der Waals surface area (Å²) in [7, 11) is 1.52. The Balaban J connectivity index is 2.58. The third-order valence-corrected chi connectivity index (χ3v) is 2.55. The molecule has 0 radical (unpaired) electrons. The first kappa shape index (κ1) is 12.8. The maximum absolute atomic E-state index is 9.57. The fourth-order valence-corrected chi connectivity index (χ4v) is 1.45. The predicted octanol–water partition coefficient (Wildman–Crippen LogP) is 1.26. The van der Waals surface area contributed by atoms with Crippen molar-refractivity contribution in [3.05, 3.63) is 23.8 Å². The van der Waals surface area contributed by atoms with E-state index in [4.69, 9.17) is 9.84 Å². The SMILES string of the molecule is CCC(CO)NCc1ccc(OC)c(O)c1. The monoisotopic (exact) mass is 225 g/mol. The minimum atomic E-state index is 0.101. The summed E-state index contributed by atoms with van der Waals surface area (Å²) in [5.41, 5.74) is 0.963. The molecule has 1 rings (SSSR count). The van der Waals surface area contributed by atoms with Gasteiger partial charge in [0.15, 0.2) is 11.5 Å². The molecule has 1 atom stereocenters. The average Bonchev–Trinajstić information content (AvgIpc) is 2.30. The molecule has 1 unspecified atom stereocenters. The fourth-order valence-electron chi connectivity index (χ4n) is 1.45. The lowest BCUT2D eigenvalue weighted by Gasteiger charge is -2.14. The molecule has 90 valence electrons. The zero-order valence-electron chi connectivity index (χ0n) is 9.73. The Morgan fingerprint density at radius 1 is 1.44 bits per heavy atom. The predicted molar refractivity (Wildman–Crippen MR) is 62.7 cm³/mol. The minimum absolute atomic E-state index is 0.101. The van der Waals surface area contributed by atoms with Crippen molar-refractivity contribution in [2.75, 3.05) is 13.7 Å². The molecule has 0 fully saturated rings. The van der Waals surface area contributed by atoms with Crippen molar-refractivity contribution in [1.82, 2.24) is 5.32 Å². The largest absolute Gasteiger partial charge is 0.504 e. The molecule has 1 aromatic carbocycles. The van der Waals surface area contributed by atoms with E-state index in [0.29, 0.717) is 12.3 Å². The van der Waals surface area contributed by atoms with Gasteiger partial charge in [0.2, 0.25) is 0 Å². The maximum atomic E-state index is 9.57. The lowest BCUT2D eigenvalue weighted by molar-refractivity contribution is 0.238. The number of methoxy groups -OCH3 is 1. The van der Waals surface area contributed by atoms with Crippen LogP contribution in [0.5, 0.6) is 11.5 Å². The molecular weight excluding hydrogens is 206 g/mol. The number of ether oxygens (including phenoxy) is 1. The normalized spacial score (nSPS) is 12.4. The highest BCUT2D eigenvalue weighted by Gasteiger charge is 2.05. The minimum Gasteiger partial charge on any atom is -0.504 e. The number of phenolic OH excluding ortho intramolecular Hbond substituents is 1. The van der Waals surface area contributed by atoms with E-state index < -0.39 is 0 Å². The lowest BCUT2D eigenvalue weighted by Crippen LogP contribution is -2.31. The molecular formula is C12H19NO3. The first-order chi connectivity index (χ1) is 7.71. The van der Waals surface area contributed by atoms with E-state index in [9.17, 15) is 5.11 Å². The summed E-state index contributed by atoms with van der Waals surface area (Å²) in [4.78, 5) is 0. The summed E-state index contributed by atoms with van der Waals surface area (Å²) in [6, 6.07) is 5.38. The first-order valence-corrected chi connectivity index (χ1v) is 5.41. The molecule has 3 N–H and O–H groups in total. The molecule has 0 aliphatic carbocycles. The highest BCUT2D eigenvalue weighted by Crippen LogP contribution is 2.26. The molecule has 0 spiro atoms. The zero-order valence-corrected chi connectivity index (χ0v) is 9.73. The second kappa shape index (κ2) is 6.35. The molecule has 0 saturated heterocycles. The second-order valence-corrected chi connectivity index (χ2v) is 3.67. The molecule has 16 heavy (non-hydrogen) atoms. The number of rotatable bonds is 6. The Morgan fingerprint density at radius 3 is 2.69 bits per heavy atom.